The fraction of sp³-hybridized carbons (Fsp3) is 0.154. The number of benzene rings is 1. The fourth-order valence-corrected chi connectivity index (χ4v) is 1.77. The molecule has 2 rings (SSSR count). The SMILES string of the molecule is COc1ccc(-c2ccccc2OC(F)(F)F)nc1[N+](=O)[O-]. The number of nitro groups is 1. The maximum Gasteiger partial charge on any atom is 0.573 e. The van der Waals surface area contributed by atoms with Crippen LogP contribution in [0.25, 0.3) is 11.3 Å². The molecule has 0 fully saturated rings. The van der Waals surface area contributed by atoms with Crippen molar-refractivity contribution in [3.63, 3.8) is 0 Å². The molecular weight excluding hydrogens is 305 g/mol. The van der Waals surface area contributed by atoms with Crippen molar-refractivity contribution in [2.75, 3.05) is 7.11 Å². The normalized spacial score (nSPS) is 11.1. The molecule has 1 heterocycles. The molecule has 0 aliphatic heterocycles. The van der Waals surface area contributed by atoms with Gasteiger partial charge in [0.2, 0.25) is 5.75 Å². The quantitative estimate of drug-likeness (QED) is 0.637. The Bertz CT molecular complexity index is 704. The van der Waals surface area contributed by atoms with Gasteiger partial charge < -0.3 is 19.6 Å². The summed E-state index contributed by atoms with van der Waals surface area (Å²) in [6.45, 7) is 0. The first-order valence-corrected chi connectivity index (χ1v) is 5.86. The molecule has 0 N–H and O–H groups in total. The molecule has 0 saturated heterocycles. The van der Waals surface area contributed by atoms with Crippen LogP contribution in [0.1, 0.15) is 0 Å². The van der Waals surface area contributed by atoms with Crippen LogP contribution in [0.5, 0.6) is 11.5 Å². The lowest BCUT2D eigenvalue weighted by Gasteiger charge is -2.11. The molecule has 22 heavy (non-hydrogen) atoms. The minimum absolute atomic E-state index is 0.0226. The Morgan fingerprint density at radius 3 is 2.41 bits per heavy atom. The van der Waals surface area contributed by atoms with Crippen molar-refractivity contribution in [2.45, 2.75) is 6.36 Å². The van der Waals surface area contributed by atoms with Crippen molar-refractivity contribution in [3.05, 3.63) is 46.5 Å². The summed E-state index contributed by atoms with van der Waals surface area (Å²) < 4.78 is 45.9. The van der Waals surface area contributed by atoms with Crippen LogP contribution in [0.4, 0.5) is 19.0 Å². The van der Waals surface area contributed by atoms with E-state index in [2.05, 4.69) is 9.72 Å². The Labute approximate surface area is 122 Å². The second-order valence-electron chi connectivity index (χ2n) is 4.02. The third kappa shape index (κ3) is 3.43. The van der Waals surface area contributed by atoms with E-state index in [4.69, 9.17) is 4.74 Å². The van der Waals surface area contributed by atoms with Gasteiger partial charge in [-0.25, -0.2) is 0 Å². The highest BCUT2D eigenvalue weighted by atomic mass is 19.4. The van der Waals surface area contributed by atoms with Crippen molar-refractivity contribution in [2.24, 2.45) is 0 Å². The van der Waals surface area contributed by atoms with Gasteiger partial charge in [0.05, 0.1) is 12.7 Å². The van der Waals surface area contributed by atoms with E-state index in [1.807, 2.05) is 0 Å². The molecule has 1 aromatic carbocycles. The van der Waals surface area contributed by atoms with E-state index in [9.17, 15) is 23.3 Å². The number of pyridine rings is 1. The van der Waals surface area contributed by atoms with E-state index in [0.29, 0.717) is 0 Å². The van der Waals surface area contributed by atoms with Crippen LogP contribution in [0, 0.1) is 10.1 Å². The number of alkyl halides is 3. The number of rotatable bonds is 4. The third-order valence-corrected chi connectivity index (χ3v) is 2.62. The van der Waals surface area contributed by atoms with Gasteiger partial charge in [0.15, 0.2) is 5.69 Å². The monoisotopic (exact) mass is 314 g/mol. The fourth-order valence-electron chi connectivity index (χ4n) is 1.77. The molecule has 9 heteroatoms. The Balaban J connectivity index is 2.53. The van der Waals surface area contributed by atoms with Gasteiger partial charge in [0.25, 0.3) is 0 Å². The summed E-state index contributed by atoms with van der Waals surface area (Å²) in [6, 6.07) is 7.80. The number of ether oxygens (including phenoxy) is 2. The average Bonchev–Trinajstić information content (AvgIpc) is 2.45. The van der Waals surface area contributed by atoms with Gasteiger partial charge in [-0.1, -0.05) is 12.1 Å². The number of methoxy groups -OCH3 is 1. The lowest BCUT2D eigenvalue weighted by molar-refractivity contribution is -0.390. The molecule has 0 amide bonds. The van der Waals surface area contributed by atoms with Gasteiger partial charge in [0.1, 0.15) is 5.75 Å². The van der Waals surface area contributed by atoms with Crippen LogP contribution in [-0.4, -0.2) is 23.4 Å². The molecular formula is C13H9F3N2O4. The van der Waals surface area contributed by atoms with Crippen LogP contribution in [0.15, 0.2) is 36.4 Å². The topological polar surface area (TPSA) is 74.5 Å². The van der Waals surface area contributed by atoms with Gasteiger partial charge in [-0.05, 0) is 34.2 Å². The molecule has 0 bridgehead atoms. The summed E-state index contributed by atoms with van der Waals surface area (Å²) in [6.07, 6.45) is -4.88. The largest absolute Gasteiger partial charge is 0.573 e. The maximum absolute atomic E-state index is 12.4. The molecule has 0 saturated carbocycles. The summed E-state index contributed by atoms with van der Waals surface area (Å²) >= 11 is 0. The van der Waals surface area contributed by atoms with Gasteiger partial charge in [-0.15, -0.1) is 13.2 Å². The first kappa shape index (κ1) is 15.5. The molecule has 0 atom stereocenters. The molecule has 2 aromatic rings. The Hall–Kier alpha value is -2.84. The standard InChI is InChI=1S/C13H9F3N2O4/c1-21-11-7-6-9(17-12(11)18(19)20)8-4-2-3-5-10(8)22-13(14,15)16/h2-7H,1H3. The highest BCUT2D eigenvalue weighted by molar-refractivity contribution is 5.68. The van der Waals surface area contributed by atoms with Crippen molar-refractivity contribution in [1.29, 1.82) is 0 Å². The number of para-hydroxylation sites is 1. The van der Waals surface area contributed by atoms with Crippen molar-refractivity contribution < 1.29 is 27.6 Å². The Kier molecular flexibility index (Phi) is 4.15. The van der Waals surface area contributed by atoms with Gasteiger partial charge in [-0.2, -0.15) is 0 Å². The van der Waals surface area contributed by atoms with E-state index in [1.165, 1.54) is 37.4 Å². The molecule has 0 aliphatic rings. The molecule has 6 nitrogen and oxygen atoms in total. The first-order chi connectivity index (χ1) is 10.3. The van der Waals surface area contributed by atoms with Gasteiger partial charge in [0, 0.05) is 0 Å². The molecule has 0 radical (unpaired) electrons. The molecule has 0 aliphatic carbocycles. The molecule has 0 spiro atoms. The second-order valence-corrected chi connectivity index (χ2v) is 4.02. The number of aromatic nitrogens is 1. The average molecular weight is 314 g/mol. The minimum Gasteiger partial charge on any atom is -0.489 e. The van der Waals surface area contributed by atoms with E-state index in [1.54, 1.807) is 0 Å². The van der Waals surface area contributed by atoms with E-state index < -0.39 is 22.9 Å². The van der Waals surface area contributed by atoms with Crippen molar-refractivity contribution in [1.82, 2.24) is 4.98 Å². The lowest BCUT2D eigenvalue weighted by Crippen LogP contribution is -2.17. The zero-order chi connectivity index (χ0) is 16.3. The zero-order valence-electron chi connectivity index (χ0n) is 11.1. The number of hydrogen-bond donors (Lipinski definition) is 0. The number of nitrogens with zero attached hydrogens (tertiary/aromatic N) is 2. The number of halogens is 3. The highest BCUT2D eigenvalue weighted by Gasteiger charge is 2.33. The predicted octanol–water partition coefficient (Wildman–Crippen LogP) is 3.56. The van der Waals surface area contributed by atoms with Crippen LogP contribution in [0.3, 0.4) is 0 Å². The van der Waals surface area contributed by atoms with Gasteiger partial charge >= 0.3 is 12.2 Å². The summed E-state index contributed by atoms with van der Waals surface area (Å²) in [5, 5.41) is 10.9. The van der Waals surface area contributed by atoms with Gasteiger partial charge in [-0.3, -0.25) is 0 Å². The predicted molar refractivity (Wildman–Crippen MR) is 69.6 cm³/mol. The van der Waals surface area contributed by atoms with Crippen LogP contribution < -0.4 is 9.47 Å². The van der Waals surface area contributed by atoms with E-state index in [-0.39, 0.29) is 17.0 Å². The van der Waals surface area contributed by atoms with E-state index in [0.717, 1.165) is 6.07 Å². The number of hydrogen-bond acceptors (Lipinski definition) is 5. The van der Waals surface area contributed by atoms with Crippen LogP contribution in [-0.2, 0) is 0 Å². The zero-order valence-corrected chi connectivity index (χ0v) is 11.1. The third-order valence-electron chi connectivity index (χ3n) is 2.62. The van der Waals surface area contributed by atoms with Crippen molar-refractivity contribution >= 4 is 5.82 Å². The first-order valence-electron chi connectivity index (χ1n) is 5.86. The smallest absolute Gasteiger partial charge is 0.489 e. The summed E-state index contributed by atoms with van der Waals surface area (Å²) in [5.41, 5.74) is -0.0575. The maximum atomic E-state index is 12.4. The summed E-state index contributed by atoms with van der Waals surface area (Å²) in [5.74, 6) is -1.19. The van der Waals surface area contributed by atoms with Crippen LogP contribution >= 0.6 is 0 Å². The Morgan fingerprint density at radius 2 is 1.82 bits per heavy atom. The minimum atomic E-state index is -4.88. The van der Waals surface area contributed by atoms with E-state index >= 15 is 0 Å². The summed E-state index contributed by atoms with van der Waals surface area (Å²) in [4.78, 5) is 13.9. The molecule has 116 valence electrons. The summed E-state index contributed by atoms with van der Waals surface area (Å²) in [7, 11) is 1.23. The lowest BCUT2D eigenvalue weighted by atomic mass is 10.1. The van der Waals surface area contributed by atoms with Crippen LogP contribution in [0.2, 0.25) is 0 Å². The Morgan fingerprint density at radius 1 is 1.14 bits per heavy atom. The second kappa shape index (κ2) is 5.88. The molecule has 1 aromatic heterocycles. The highest BCUT2D eigenvalue weighted by Crippen LogP contribution is 2.35. The van der Waals surface area contributed by atoms with Crippen molar-refractivity contribution in [3.8, 4) is 22.8 Å². The molecule has 0 unspecified atom stereocenters.